The summed E-state index contributed by atoms with van der Waals surface area (Å²) in [7, 11) is 0. The summed E-state index contributed by atoms with van der Waals surface area (Å²) in [6, 6.07) is 10.5. The molecule has 0 saturated carbocycles. The van der Waals surface area contributed by atoms with Crippen molar-refractivity contribution in [2.45, 2.75) is 19.4 Å². The smallest absolute Gasteiger partial charge is 0.258 e. The van der Waals surface area contributed by atoms with Crippen molar-refractivity contribution in [3.8, 4) is 5.75 Å². The van der Waals surface area contributed by atoms with Crippen molar-refractivity contribution in [3.63, 3.8) is 0 Å². The first-order valence-corrected chi connectivity index (χ1v) is 8.09. The van der Waals surface area contributed by atoms with E-state index < -0.39 is 12.5 Å². The Bertz CT molecular complexity index is 667. The molecule has 3 nitrogen and oxygen atoms in total. The average Bonchev–Trinajstić information content (AvgIpc) is 2.57. The predicted octanol–water partition coefficient (Wildman–Crippen LogP) is 4.29. The molecule has 140 valence electrons. The van der Waals surface area contributed by atoms with Crippen LogP contribution in [0.4, 0.5) is 8.78 Å². The van der Waals surface area contributed by atoms with Crippen LogP contribution < -0.4 is 10.1 Å². The fourth-order valence-corrected chi connectivity index (χ4v) is 3.29. The molecular weight excluding hydrogens is 369 g/mol. The SMILES string of the molecule is CCOc1ccc2ccccc2c1[C@@H](C(F)F)N1CCNCC1.Cl.Cl. The Morgan fingerprint density at radius 2 is 1.76 bits per heavy atom. The van der Waals surface area contributed by atoms with Crippen LogP contribution in [0.25, 0.3) is 10.8 Å². The lowest BCUT2D eigenvalue weighted by Gasteiger charge is -2.35. The monoisotopic (exact) mass is 392 g/mol. The highest BCUT2D eigenvalue weighted by atomic mass is 35.5. The van der Waals surface area contributed by atoms with Gasteiger partial charge in [-0.25, -0.2) is 8.78 Å². The lowest BCUT2D eigenvalue weighted by atomic mass is 9.96. The van der Waals surface area contributed by atoms with Gasteiger partial charge in [-0.1, -0.05) is 30.3 Å². The van der Waals surface area contributed by atoms with E-state index in [0.717, 1.165) is 23.9 Å². The third-order valence-corrected chi connectivity index (χ3v) is 4.31. The molecule has 0 spiro atoms. The maximum Gasteiger partial charge on any atom is 0.258 e. The quantitative estimate of drug-likeness (QED) is 0.820. The molecule has 1 saturated heterocycles. The van der Waals surface area contributed by atoms with Gasteiger partial charge in [0.05, 0.1) is 6.61 Å². The van der Waals surface area contributed by atoms with Crippen LogP contribution in [-0.2, 0) is 0 Å². The molecule has 0 unspecified atom stereocenters. The van der Waals surface area contributed by atoms with Crippen LogP contribution in [0.5, 0.6) is 5.75 Å². The summed E-state index contributed by atoms with van der Waals surface area (Å²) in [6.45, 7) is 5.04. The summed E-state index contributed by atoms with van der Waals surface area (Å²) >= 11 is 0. The summed E-state index contributed by atoms with van der Waals surface area (Å²) < 4.78 is 33.7. The molecule has 0 amide bonds. The van der Waals surface area contributed by atoms with Crippen LogP contribution in [0.1, 0.15) is 18.5 Å². The molecule has 1 N–H and O–H groups in total. The minimum absolute atomic E-state index is 0. The Balaban J connectivity index is 0.00000156. The van der Waals surface area contributed by atoms with Crippen molar-refractivity contribution >= 4 is 35.6 Å². The Morgan fingerprint density at radius 1 is 1.08 bits per heavy atom. The fourth-order valence-electron chi connectivity index (χ4n) is 3.29. The standard InChI is InChI=1S/C18H22F2N2O.2ClH/c1-2-23-15-8-7-13-5-3-4-6-14(13)16(15)17(18(19)20)22-11-9-21-10-12-22;;/h3-8,17-18,21H,2,9-12H2,1H3;2*1H/t17-;;/m0../s1. The van der Waals surface area contributed by atoms with E-state index in [2.05, 4.69) is 5.32 Å². The summed E-state index contributed by atoms with van der Waals surface area (Å²) in [6.07, 6.45) is -2.46. The number of halogens is 4. The Morgan fingerprint density at radius 3 is 2.40 bits per heavy atom. The number of rotatable bonds is 5. The summed E-state index contributed by atoms with van der Waals surface area (Å²) in [5.74, 6) is 0.565. The second-order valence-electron chi connectivity index (χ2n) is 5.70. The van der Waals surface area contributed by atoms with Crippen LogP contribution in [0.3, 0.4) is 0 Å². The molecule has 0 aromatic heterocycles. The van der Waals surface area contributed by atoms with Gasteiger partial charge >= 0.3 is 0 Å². The average molecular weight is 393 g/mol. The van der Waals surface area contributed by atoms with E-state index in [1.807, 2.05) is 48.2 Å². The van der Waals surface area contributed by atoms with Gasteiger partial charge < -0.3 is 10.1 Å². The molecular formula is C18H24Cl2F2N2O. The van der Waals surface area contributed by atoms with E-state index in [4.69, 9.17) is 4.74 Å². The Labute approximate surface area is 159 Å². The van der Waals surface area contributed by atoms with Gasteiger partial charge in [0.1, 0.15) is 11.8 Å². The van der Waals surface area contributed by atoms with Crippen LogP contribution in [-0.4, -0.2) is 44.1 Å². The lowest BCUT2D eigenvalue weighted by Crippen LogP contribution is -2.47. The van der Waals surface area contributed by atoms with Gasteiger partial charge in [0.15, 0.2) is 0 Å². The van der Waals surface area contributed by atoms with Crippen LogP contribution >= 0.6 is 24.8 Å². The molecule has 2 aromatic carbocycles. The van der Waals surface area contributed by atoms with Crippen molar-refractivity contribution in [1.82, 2.24) is 10.2 Å². The normalized spacial score (nSPS) is 16.2. The largest absolute Gasteiger partial charge is 0.494 e. The zero-order valence-corrected chi connectivity index (χ0v) is 15.7. The van der Waals surface area contributed by atoms with Gasteiger partial charge in [-0.05, 0) is 23.8 Å². The molecule has 1 aliphatic heterocycles. The number of hydrogen-bond donors (Lipinski definition) is 1. The third kappa shape index (κ3) is 4.73. The van der Waals surface area contributed by atoms with Crippen molar-refractivity contribution in [1.29, 1.82) is 0 Å². The van der Waals surface area contributed by atoms with E-state index in [1.165, 1.54) is 0 Å². The maximum atomic E-state index is 14.0. The molecule has 0 bridgehead atoms. The number of fused-ring (bicyclic) bond motifs is 1. The third-order valence-electron chi connectivity index (χ3n) is 4.31. The molecule has 0 radical (unpaired) electrons. The molecule has 0 aliphatic carbocycles. The number of nitrogens with one attached hydrogen (secondary N) is 1. The fraction of sp³-hybridized carbons (Fsp3) is 0.444. The predicted molar refractivity (Wildman–Crippen MR) is 103 cm³/mol. The maximum absolute atomic E-state index is 14.0. The molecule has 3 rings (SSSR count). The van der Waals surface area contributed by atoms with Crippen molar-refractivity contribution in [3.05, 3.63) is 42.0 Å². The van der Waals surface area contributed by atoms with Gasteiger partial charge in [-0.15, -0.1) is 24.8 Å². The van der Waals surface area contributed by atoms with Crippen LogP contribution in [0, 0.1) is 0 Å². The molecule has 1 heterocycles. The zero-order chi connectivity index (χ0) is 16.2. The first kappa shape index (κ1) is 21.9. The first-order valence-electron chi connectivity index (χ1n) is 8.09. The van der Waals surface area contributed by atoms with E-state index in [-0.39, 0.29) is 24.8 Å². The Kier molecular flexibility index (Phi) is 8.86. The van der Waals surface area contributed by atoms with E-state index in [0.29, 0.717) is 31.0 Å². The van der Waals surface area contributed by atoms with E-state index in [9.17, 15) is 8.78 Å². The van der Waals surface area contributed by atoms with Crippen LogP contribution in [0.15, 0.2) is 36.4 Å². The minimum atomic E-state index is -2.46. The first-order chi connectivity index (χ1) is 11.2. The molecule has 1 atom stereocenters. The summed E-state index contributed by atoms with van der Waals surface area (Å²) in [5, 5.41) is 5.03. The summed E-state index contributed by atoms with van der Waals surface area (Å²) in [5.41, 5.74) is 0.613. The van der Waals surface area contributed by atoms with Gasteiger partial charge in [0.25, 0.3) is 6.43 Å². The van der Waals surface area contributed by atoms with Crippen molar-refractivity contribution in [2.75, 3.05) is 32.8 Å². The number of piperazine rings is 1. The van der Waals surface area contributed by atoms with Gasteiger partial charge in [-0.3, -0.25) is 4.90 Å². The number of nitrogens with zero attached hydrogens (tertiary/aromatic N) is 1. The number of benzene rings is 2. The lowest BCUT2D eigenvalue weighted by molar-refractivity contribution is 0.0175. The molecule has 25 heavy (non-hydrogen) atoms. The Hall–Kier alpha value is -1.14. The molecule has 2 aromatic rings. The van der Waals surface area contributed by atoms with E-state index >= 15 is 0 Å². The molecule has 7 heteroatoms. The number of ether oxygens (including phenoxy) is 1. The number of alkyl halides is 2. The highest BCUT2D eigenvalue weighted by Crippen LogP contribution is 2.39. The highest BCUT2D eigenvalue weighted by molar-refractivity contribution is 5.88. The van der Waals surface area contributed by atoms with Gasteiger partial charge in [-0.2, -0.15) is 0 Å². The van der Waals surface area contributed by atoms with Crippen LogP contribution in [0.2, 0.25) is 0 Å². The topological polar surface area (TPSA) is 24.5 Å². The molecule has 1 aliphatic rings. The zero-order valence-electron chi connectivity index (χ0n) is 14.1. The summed E-state index contributed by atoms with van der Waals surface area (Å²) in [4.78, 5) is 1.87. The van der Waals surface area contributed by atoms with E-state index in [1.54, 1.807) is 0 Å². The molecule has 1 fully saturated rings. The second-order valence-corrected chi connectivity index (χ2v) is 5.70. The highest BCUT2D eigenvalue weighted by Gasteiger charge is 2.33. The second kappa shape index (κ2) is 10.1. The van der Waals surface area contributed by atoms with Gasteiger partial charge in [0, 0.05) is 31.7 Å². The minimum Gasteiger partial charge on any atom is -0.494 e. The van der Waals surface area contributed by atoms with Gasteiger partial charge in [0.2, 0.25) is 0 Å². The number of hydrogen-bond acceptors (Lipinski definition) is 3. The van der Waals surface area contributed by atoms with Crippen molar-refractivity contribution < 1.29 is 13.5 Å². The van der Waals surface area contributed by atoms with Crippen molar-refractivity contribution in [2.24, 2.45) is 0 Å².